The smallest absolute Gasteiger partial charge is 0.263 e. The molecule has 0 aliphatic carbocycles. The summed E-state index contributed by atoms with van der Waals surface area (Å²) in [6, 6.07) is 6.26. The van der Waals surface area contributed by atoms with Gasteiger partial charge in [-0.05, 0) is 38.3 Å². The van der Waals surface area contributed by atoms with Crippen LogP contribution >= 0.6 is 0 Å². The molecule has 0 amide bonds. The summed E-state index contributed by atoms with van der Waals surface area (Å²) in [5.74, 6) is 2.32. The van der Waals surface area contributed by atoms with Gasteiger partial charge >= 0.3 is 0 Å². The molecule has 1 atom stereocenters. The topological polar surface area (TPSA) is 83.7 Å². The highest BCUT2D eigenvalue weighted by molar-refractivity contribution is 5.88. The van der Waals surface area contributed by atoms with Crippen molar-refractivity contribution >= 4 is 28.0 Å². The van der Waals surface area contributed by atoms with Crippen LogP contribution in [0.1, 0.15) is 35.8 Å². The quantitative estimate of drug-likeness (QED) is 0.597. The Morgan fingerprint density at radius 2 is 2.15 bits per heavy atom. The molecule has 132 valence electrons. The second-order valence-corrected chi connectivity index (χ2v) is 7.02. The molecule has 0 bridgehead atoms. The lowest BCUT2D eigenvalue weighted by molar-refractivity contribution is 0.442. The van der Waals surface area contributed by atoms with E-state index in [2.05, 4.69) is 50.1 Å². The molecule has 1 N–H and O–H groups in total. The van der Waals surface area contributed by atoms with Crippen LogP contribution in [0.25, 0.3) is 22.1 Å². The van der Waals surface area contributed by atoms with Gasteiger partial charge in [-0.2, -0.15) is 4.98 Å². The van der Waals surface area contributed by atoms with Crippen LogP contribution in [0.3, 0.4) is 0 Å². The monoisotopic (exact) mass is 348 g/mol. The van der Waals surface area contributed by atoms with Crippen LogP contribution in [0, 0.1) is 13.8 Å². The number of nitrogens with one attached hydrogen (secondary N) is 1. The van der Waals surface area contributed by atoms with Gasteiger partial charge in [0.05, 0.1) is 16.7 Å². The Kier molecular flexibility index (Phi) is 3.41. The Morgan fingerprint density at radius 1 is 1.23 bits per heavy atom. The van der Waals surface area contributed by atoms with E-state index in [-0.39, 0.29) is 0 Å². The van der Waals surface area contributed by atoms with Crippen LogP contribution in [-0.4, -0.2) is 38.2 Å². The molecule has 26 heavy (non-hydrogen) atoms. The second-order valence-electron chi connectivity index (χ2n) is 7.02. The van der Waals surface area contributed by atoms with Gasteiger partial charge in [-0.15, -0.1) is 0 Å². The van der Waals surface area contributed by atoms with E-state index in [0.717, 1.165) is 59.7 Å². The number of rotatable bonds is 2. The number of nitrogens with zero attached hydrogens (tertiary/aromatic N) is 5. The van der Waals surface area contributed by atoms with E-state index in [1.165, 1.54) is 5.56 Å². The Morgan fingerprint density at radius 3 is 3.04 bits per heavy atom. The van der Waals surface area contributed by atoms with E-state index in [0.29, 0.717) is 11.6 Å². The van der Waals surface area contributed by atoms with Crippen molar-refractivity contribution in [2.24, 2.45) is 0 Å². The van der Waals surface area contributed by atoms with Gasteiger partial charge in [-0.25, -0.2) is 9.97 Å². The molecule has 1 aromatic carbocycles. The van der Waals surface area contributed by atoms with E-state index < -0.39 is 0 Å². The van der Waals surface area contributed by atoms with Crippen molar-refractivity contribution in [2.45, 2.75) is 32.6 Å². The number of hydrogen-bond acceptors (Lipinski definition) is 6. The predicted octanol–water partition coefficient (Wildman–Crippen LogP) is 3.49. The molecule has 0 spiro atoms. The molecule has 5 rings (SSSR count). The number of H-pyrrole nitrogens is 1. The molecule has 0 saturated carbocycles. The standard InChI is InChI=1S/C19H20N6O/c1-11-5-3-7-14-16(11)23-17(22-14)13-6-4-8-25(9-13)18-15-12(2)24-26-19(15)21-10-20-18/h3,5,7,10,13H,4,6,8-9H2,1-2H3,(H,22,23)/t13-/m1/s1. The van der Waals surface area contributed by atoms with Crippen molar-refractivity contribution in [2.75, 3.05) is 18.0 Å². The molecule has 1 saturated heterocycles. The third kappa shape index (κ3) is 2.34. The minimum atomic E-state index is 0.348. The molecule has 0 radical (unpaired) electrons. The van der Waals surface area contributed by atoms with Crippen LogP contribution < -0.4 is 4.90 Å². The van der Waals surface area contributed by atoms with E-state index in [1.807, 2.05) is 6.92 Å². The van der Waals surface area contributed by atoms with Crippen molar-refractivity contribution in [3.8, 4) is 0 Å². The van der Waals surface area contributed by atoms with E-state index in [9.17, 15) is 0 Å². The minimum Gasteiger partial charge on any atom is -0.355 e. The zero-order valence-electron chi connectivity index (χ0n) is 14.9. The maximum absolute atomic E-state index is 5.30. The first-order valence-corrected chi connectivity index (χ1v) is 8.98. The summed E-state index contributed by atoms with van der Waals surface area (Å²) in [4.78, 5) is 19.4. The Hall–Kier alpha value is -2.96. The molecule has 4 aromatic rings. The summed E-state index contributed by atoms with van der Waals surface area (Å²) in [7, 11) is 0. The zero-order valence-corrected chi connectivity index (χ0v) is 14.9. The lowest BCUT2D eigenvalue weighted by atomic mass is 9.97. The number of para-hydroxylation sites is 1. The summed E-state index contributed by atoms with van der Waals surface area (Å²) >= 11 is 0. The van der Waals surface area contributed by atoms with Crippen LogP contribution in [0.15, 0.2) is 29.0 Å². The van der Waals surface area contributed by atoms with E-state index >= 15 is 0 Å². The Labute approximate surface area is 150 Å². The van der Waals surface area contributed by atoms with E-state index in [4.69, 9.17) is 9.51 Å². The molecule has 1 aliphatic heterocycles. The molecule has 4 heterocycles. The fourth-order valence-electron chi connectivity index (χ4n) is 3.92. The number of fused-ring (bicyclic) bond motifs is 2. The number of aromatic amines is 1. The van der Waals surface area contributed by atoms with Crippen molar-refractivity contribution in [3.05, 3.63) is 41.6 Å². The Bertz CT molecular complexity index is 1100. The predicted molar refractivity (Wildman–Crippen MR) is 99.4 cm³/mol. The van der Waals surface area contributed by atoms with Crippen molar-refractivity contribution < 1.29 is 4.52 Å². The van der Waals surface area contributed by atoms with Gasteiger partial charge in [-0.3, -0.25) is 0 Å². The maximum atomic E-state index is 5.30. The van der Waals surface area contributed by atoms with Crippen molar-refractivity contribution in [1.29, 1.82) is 0 Å². The molecule has 0 unspecified atom stereocenters. The van der Waals surface area contributed by atoms with Crippen LogP contribution in [0.2, 0.25) is 0 Å². The average molecular weight is 348 g/mol. The second kappa shape index (κ2) is 5.79. The average Bonchev–Trinajstić information content (AvgIpc) is 3.27. The third-order valence-electron chi connectivity index (χ3n) is 5.26. The molecule has 3 aromatic heterocycles. The lowest BCUT2D eigenvalue weighted by Crippen LogP contribution is -2.35. The molecule has 7 nitrogen and oxygen atoms in total. The van der Waals surface area contributed by atoms with Gasteiger partial charge in [0.25, 0.3) is 5.71 Å². The van der Waals surface area contributed by atoms with Gasteiger partial charge < -0.3 is 14.4 Å². The highest BCUT2D eigenvalue weighted by Gasteiger charge is 2.27. The third-order valence-corrected chi connectivity index (χ3v) is 5.26. The van der Waals surface area contributed by atoms with Gasteiger partial charge in [0.15, 0.2) is 0 Å². The normalized spacial score (nSPS) is 18.1. The summed E-state index contributed by atoms with van der Waals surface area (Å²) in [6.07, 6.45) is 3.76. The summed E-state index contributed by atoms with van der Waals surface area (Å²) in [6.45, 7) is 5.87. The number of aromatic nitrogens is 5. The fourth-order valence-corrected chi connectivity index (χ4v) is 3.92. The first kappa shape index (κ1) is 15.3. The first-order valence-electron chi connectivity index (χ1n) is 8.98. The van der Waals surface area contributed by atoms with Crippen LogP contribution in [0.4, 0.5) is 5.82 Å². The fraction of sp³-hybridized carbons (Fsp3) is 0.368. The van der Waals surface area contributed by atoms with Crippen LogP contribution in [0.5, 0.6) is 0 Å². The number of aryl methyl sites for hydroxylation is 2. The van der Waals surface area contributed by atoms with Gasteiger partial charge in [0.1, 0.15) is 23.4 Å². The van der Waals surface area contributed by atoms with Crippen molar-refractivity contribution in [3.63, 3.8) is 0 Å². The largest absolute Gasteiger partial charge is 0.355 e. The number of anilines is 1. The molecular weight excluding hydrogens is 328 g/mol. The maximum Gasteiger partial charge on any atom is 0.263 e. The van der Waals surface area contributed by atoms with Crippen LogP contribution in [-0.2, 0) is 0 Å². The Balaban J connectivity index is 1.51. The zero-order chi connectivity index (χ0) is 17.7. The summed E-state index contributed by atoms with van der Waals surface area (Å²) in [5, 5.41) is 4.96. The first-order chi connectivity index (χ1) is 12.7. The molecule has 1 aliphatic rings. The summed E-state index contributed by atoms with van der Waals surface area (Å²) < 4.78 is 5.30. The number of benzene rings is 1. The van der Waals surface area contributed by atoms with Gasteiger partial charge in [-0.1, -0.05) is 17.3 Å². The number of hydrogen-bond donors (Lipinski definition) is 1. The summed E-state index contributed by atoms with van der Waals surface area (Å²) in [5.41, 5.74) is 4.76. The molecular formula is C19H20N6O. The van der Waals surface area contributed by atoms with E-state index in [1.54, 1.807) is 6.33 Å². The van der Waals surface area contributed by atoms with Gasteiger partial charge in [0.2, 0.25) is 0 Å². The number of piperidine rings is 1. The van der Waals surface area contributed by atoms with Crippen molar-refractivity contribution in [1.82, 2.24) is 25.1 Å². The number of imidazole rings is 1. The molecule has 7 heteroatoms. The van der Waals surface area contributed by atoms with Gasteiger partial charge in [0, 0.05) is 19.0 Å². The highest BCUT2D eigenvalue weighted by Crippen LogP contribution is 2.33. The lowest BCUT2D eigenvalue weighted by Gasteiger charge is -2.32. The minimum absolute atomic E-state index is 0.348. The highest BCUT2D eigenvalue weighted by atomic mass is 16.5. The molecule has 1 fully saturated rings. The SMILES string of the molecule is Cc1cccc2[nH]c([C@@H]3CCCN(c4ncnc5onc(C)c45)C3)nc12.